The highest BCUT2D eigenvalue weighted by Gasteiger charge is 2.50. The van der Waals surface area contributed by atoms with Crippen LogP contribution in [-0.2, 0) is 5.60 Å². The van der Waals surface area contributed by atoms with Crippen LogP contribution in [0.15, 0.2) is 48.5 Å². The summed E-state index contributed by atoms with van der Waals surface area (Å²) in [4.78, 5) is 19.5. The molecule has 136 valence electrons. The lowest BCUT2D eigenvalue weighted by Crippen LogP contribution is -2.59. The molecule has 0 radical (unpaired) electrons. The quantitative estimate of drug-likeness (QED) is 0.899. The molecule has 26 heavy (non-hydrogen) atoms. The minimum Gasteiger partial charge on any atom is -0.385 e. The van der Waals surface area contributed by atoms with Crippen LogP contribution in [0.3, 0.4) is 0 Å². The van der Waals surface area contributed by atoms with E-state index in [1.165, 1.54) is 0 Å². The number of hydrogen-bond acceptors (Lipinski definition) is 3. The number of fused-ring (bicyclic) bond motifs is 1. The first-order valence-electron chi connectivity index (χ1n) is 9.62. The van der Waals surface area contributed by atoms with E-state index in [0.29, 0.717) is 18.7 Å². The Bertz CT molecular complexity index is 792. The largest absolute Gasteiger partial charge is 0.385 e. The number of aryl methyl sites for hydroxylation is 1. The van der Waals surface area contributed by atoms with Crippen LogP contribution in [0.1, 0.15) is 53.8 Å². The fourth-order valence-corrected chi connectivity index (χ4v) is 4.83. The van der Waals surface area contributed by atoms with E-state index in [9.17, 15) is 9.90 Å². The van der Waals surface area contributed by atoms with E-state index in [2.05, 4.69) is 4.98 Å². The number of likely N-dealkylation sites (tertiary alicyclic amines) is 1. The third kappa shape index (κ3) is 2.92. The molecule has 2 aliphatic rings. The lowest BCUT2D eigenvalue weighted by atomic mass is 9.66. The maximum atomic E-state index is 13.1. The third-order valence-corrected chi connectivity index (χ3v) is 6.12. The second kappa shape index (κ2) is 6.84. The van der Waals surface area contributed by atoms with Crippen molar-refractivity contribution in [3.8, 4) is 0 Å². The zero-order valence-corrected chi connectivity index (χ0v) is 15.3. The van der Waals surface area contributed by atoms with Crippen molar-refractivity contribution in [2.24, 2.45) is 5.92 Å². The van der Waals surface area contributed by atoms with Crippen LogP contribution in [0.4, 0.5) is 0 Å². The van der Waals surface area contributed by atoms with Crippen LogP contribution in [-0.4, -0.2) is 33.5 Å². The van der Waals surface area contributed by atoms with E-state index in [1.54, 1.807) is 6.07 Å². The van der Waals surface area contributed by atoms with Crippen molar-refractivity contribution >= 4 is 5.91 Å². The summed E-state index contributed by atoms with van der Waals surface area (Å²) >= 11 is 0. The molecule has 0 unspecified atom stereocenters. The molecule has 2 heterocycles. The highest BCUT2D eigenvalue weighted by atomic mass is 16.3. The summed E-state index contributed by atoms with van der Waals surface area (Å²) in [5, 5.41) is 11.6. The van der Waals surface area contributed by atoms with E-state index >= 15 is 0 Å². The Hall–Kier alpha value is -2.20. The summed E-state index contributed by atoms with van der Waals surface area (Å²) in [6.07, 6.45) is 4.71. The van der Waals surface area contributed by atoms with Crippen molar-refractivity contribution in [3.63, 3.8) is 0 Å². The van der Waals surface area contributed by atoms with Gasteiger partial charge in [-0.2, -0.15) is 0 Å². The Kier molecular flexibility index (Phi) is 4.53. The molecule has 4 heteroatoms. The summed E-state index contributed by atoms with van der Waals surface area (Å²) in [5.41, 5.74) is 1.51. The van der Waals surface area contributed by atoms with E-state index in [-0.39, 0.29) is 17.9 Å². The number of piperidine rings is 1. The van der Waals surface area contributed by atoms with Crippen LogP contribution in [0.5, 0.6) is 0 Å². The van der Waals surface area contributed by atoms with Crippen molar-refractivity contribution in [3.05, 3.63) is 65.5 Å². The minimum absolute atomic E-state index is 0.000659. The molecule has 1 amide bonds. The lowest BCUT2D eigenvalue weighted by Gasteiger charge is -2.52. The van der Waals surface area contributed by atoms with E-state index < -0.39 is 5.60 Å². The van der Waals surface area contributed by atoms with Gasteiger partial charge in [-0.1, -0.05) is 49.2 Å². The number of pyridine rings is 1. The summed E-state index contributed by atoms with van der Waals surface area (Å²) in [5.74, 6) is 0.0851. The number of amides is 1. The van der Waals surface area contributed by atoms with Crippen molar-refractivity contribution in [1.82, 2.24) is 9.88 Å². The number of hydrogen-bond donors (Lipinski definition) is 1. The van der Waals surface area contributed by atoms with Gasteiger partial charge in [-0.15, -0.1) is 0 Å². The zero-order valence-electron chi connectivity index (χ0n) is 15.3. The van der Waals surface area contributed by atoms with Gasteiger partial charge in [0.05, 0.1) is 5.60 Å². The number of carbonyl (C=O) groups excluding carboxylic acids is 1. The predicted octanol–water partition coefficient (Wildman–Crippen LogP) is 3.68. The van der Waals surface area contributed by atoms with Gasteiger partial charge in [0, 0.05) is 24.2 Å². The molecular weight excluding hydrogens is 324 g/mol. The maximum Gasteiger partial charge on any atom is 0.272 e. The van der Waals surface area contributed by atoms with E-state index in [4.69, 9.17) is 0 Å². The molecular formula is C22H26N2O2. The average Bonchev–Trinajstić information content (AvgIpc) is 2.69. The normalized spacial score (nSPS) is 28.5. The summed E-state index contributed by atoms with van der Waals surface area (Å²) in [6, 6.07) is 15.7. The highest BCUT2D eigenvalue weighted by molar-refractivity contribution is 5.92. The van der Waals surface area contributed by atoms with Gasteiger partial charge < -0.3 is 10.0 Å². The zero-order chi connectivity index (χ0) is 18.1. The Morgan fingerprint density at radius 3 is 2.65 bits per heavy atom. The van der Waals surface area contributed by atoms with Crippen LogP contribution < -0.4 is 0 Å². The molecule has 2 aromatic rings. The molecule has 1 aromatic heterocycles. The number of benzene rings is 1. The smallest absolute Gasteiger partial charge is 0.272 e. The van der Waals surface area contributed by atoms with Gasteiger partial charge in [0.1, 0.15) is 5.69 Å². The van der Waals surface area contributed by atoms with Gasteiger partial charge in [0.25, 0.3) is 5.91 Å². The molecule has 2 fully saturated rings. The fourth-order valence-electron chi connectivity index (χ4n) is 4.83. The summed E-state index contributed by atoms with van der Waals surface area (Å²) in [6.45, 7) is 2.48. The third-order valence-electron chi connectivity index (χ3n) is 6.12. The summed E-state index contributed by atoms with van der Waals surface area (Å²) in [7, 11) is 0. The first-order chi connectivity index (χ1) is 12.6. The number of nitrogens with zero attached hydrogens (tertiary/aromatic N) is 2. The van der Waals surface area contributed by atoms with Gasteiger partial charge >= 0.3 is 0 Å². The van der Waals surface area contributed by atoms with Crippen molar-refractivity contribution in [1.29, 1.82) is 0 Å². The summed E-state index contributed by atoms with van der Waals surface area (Å²) < 4.78 is 0. The molecule has 1 aliphatic carbocycles. The highest BCUT2D eigenvalue weighted by Crippen LogP contribution is 2.47. The average molecular weight is 350 g/mol. The molecule has 0 bridgehead atoms. The molecule has 4 rings (SSSR count). The topological polar surface area (TPSA) is 53.4 Å². The maximum absolute atomic E-state index is 13.1. The molecule has 1 N–H and O–H groups in total. The van der Waals surface area contributed by atoms with Crippen LogP contribution in [0.25, 0.3) is 0 Å². The molecule has 0 spiro atoms. The van der Waals surface area contributed by atoms with E-state index in [0.717, 1.165) is 36.9 Å². The van der Waals surface area contributed by atoms with Gasteiger partial charge in [0.2, 0.25) is 0 Å². The Balaban J connectivity index is 1.66. The van der Waals surface area contributed by atoms with Gasteiger partial charge in [-0.05, 0) is 43.9 Å². The number of aliphatic hydroxyl groups is 1. The molecule has 1 saturated heterocycles. The van der Waals surface area contributed by atoms with Gasteiger partial charge in [-0.25, -0.2) is 4.98 Å². The first-order valence-corrected chi connectivity index (χ1v) is 9.62. The Morgan fingerprint density at radius 1 is 1.12 bits per heavy atom. The van der Waals surface area contributed by atoms with E-state index in [1.807, 2.05) is 54.3 Å². The standard InChI is InChI=1S/C22H26N2O2/c1-16-8-7-12-19(23-16)21(25)24-15-14-22(26,17-9-3-2-4-10-17)18-11-5-6-13-20(18)24/h2-4,7-10,12,18,20,26H,5-6,11,13-15H2,1H3/t18-,20+,22-/m0/s1. The van der Waals surface area contributed by atoms with Gasteiger partial charge in [0.15, 0.2) is 0 Å². The minimum atomic E-state index is -0.844. The molecule has 3 atom stereocenters. The fraction of sp³-hybridized carbons (Fsp3) is 0.455. The second-order valence-electron chi connectivity index (χ2n) is 7.66. The second-order valence-corrected chi connectivity index (χ2v) is 7.66. The predicted molar refractivity (Wildman–Crippen MR) is 101 cm³/mol. The van der Waals surface area contributed by atoms with Gasteiger partial charge in [-0.3, -0.25) is 4.79 Å². The first kappa shape index (κ1) is 17.2. The van der Waals surface area contributed by atoms with Crippen molar-refractivity contribution in [2.75, 3.05) is 6.54 Å². The SMILES string of the molecule is Cc1cccc(C(=O)N2CC[C@](O)(c3ccccc3)[C@H]3CCCC[C@H]32)n1. The van der Waals surface area contributed by atoms with Crippen molar-refractivity contribution in [2.45, 2.75) is 50.7 Å². The number of rotatable bonds is 2. The monoisotopic (exact) mass is 350 g/mol. The van der Waals surface area contributed by atoms with Crippen molar-refractivity contribution < 1.29 is 9.90 Å². The Labute approximate surface area is 154 Å². The van der Waals surface area contributed by atoms with Crippen LogP contribution in [0, 0.1) is 12.8 Å². The molecule has 4 nitrogen and oxygen atoms in total. The van der Waals surface area contributed by atoms with Crippen LogP contribution >= 0.6 is 0 Å². The Morgan fingerprint density at radius 2 is 1.88 bits per heavy atom. The van der Waals surface area contributed by atoms with Crippen LogP contribution in [0.2, 0.25) is 0 Å². The molecule has 1 saturated carbocycles. The molecule has 1 aliphatic heterocycles. The number of carbonyl (C=O) groups is 1. The number of aromatic nitrogens is 1. The lowest BCUT2D eigenvalue weighted by molar-refractivity contribution is -0.110. The molecule has 1 aromatic carbocycles.